The molecule has 1 amide bonds. The molecule has 1 aliphatic carbocycles. The van der Waals surface area contributed by atoms with E-state index in [2.05, 4.69) is 31.4 Å². The first-order valence-electron chi connectivity index (χ1n) is 9.87. The fourth-order valence-electron chi connectivity index (χ4n) is 4.27. The molecule has 0 saturated carbocycles. The van der Waals surface area contributed by atoms with Gasteiger partial charge in [-0.2, -0.15) is 0 Å². The summed E-state index contributed by atoms with van der Waals surface area (Å²) in [6.07, 6.45) is 3.63. The van der Waals surface area contributed by atoms with Gasteiger partial charge in [0.25, 0.3) is 11.6 Å². The van der Waals surface area contributed by atoms with Gasteiger partial charge < -0.3 is 10.6 Å². The highest BCUT2D eigenvalue weighted by Gasteiger charge is 2.37. The van der Waals surface area contributed by atoms with E-state index in [4.69, 9.17) is 11.6 Å². The molecule has 8 heteroatoms. The fraction of sp³-hybridized carbons (Fsp3) is 0.476. The maximum Gasteiger partial charge on any atom is 0.288 e. The van der Waals surface area contributed by atoms with Crippen LogP contribution < -0.4 is 10.6 Å². The summed E-state index contributed by atoms with van der Waals surface area (Å²) in [7, 11) is 0. The van der Waals surface area contributed by atoms with E-state index in [9.17, 15) is 14.9 Å². The number of rotatable bonds is 4. The number of amides is 1. The Morgan fingerprint density at radius 2 is 2.10 bits per heavy atom. The first-order valence-corrected chi connectivity index (χ1v) is 11.1. The van der Waals surface area contributed by atoms with Crippen LogP contribution in [0.4, 0.5) is 10.7 Å². The summed E-state index contributed by atoms with van der Waals surface area (Å²) < 4.78 is 0. The predicted octanol–water partition coefficient (Wildman–Crippen LogP) is 5.70. The van der Waals surface area contributed by atoms with Crippen molar-refractivity contribution in [2.45, 2.75) is 52.6 Å². The summed E-state index contributed by atoms with van der Waals surface area (Å²) in [6, 6.07) is 4.61. The predicted molar refractivity (Wildman–Crippen MR) is 116 cm³/mol. The molecule has 0 saturated heterocycles. The summed E-state index contributed by atoms with van der Waals surface area (Å²) in [5.74, 6) is 0.491. The SMILES string of the molecule is CCC(C)(C)[C@@H]1CCc2c(sc3c2C(=O)N[C@@H](c2ccc(Cl)c([N+](=O)[O-])c2)N3)C1. The van der Waals surface area contributed by atoms with Gasteiger partial charge in [-0.15, -0.1) is 11.3 Å². The first-order chi connectivity index (χ1) is 13.7. The van der Waals surface area contributed by atoms with Crippen molar-refractivity contribution in [2.24, 2.45) is 11.3 Å². The molecular weight excluding hydrogens is 410 g/mol. The average molecular weight is 434 g/mol. The molecule has 0 fully saturated rings. The summed E-state index contributed by atoms with van der Waals surface area (Å²) in [6.45, 7) is 6.88. The highest BCUT2D eigenvalue weighted by Crippen LogP contribution is 2.47. The second kappa shape index (κ2) is 7.29. The van der Waals surface area contributed by atoms with Gasteiger partial charge >= 0.3 is 0 Å². The van der Waals surface area contributed by atoms with Crippen molar-refractivity contribution in [1.82, 2.24) is 5.32 Å². The smallest absolute Gasteiger partial charge is 0.288 e. The van der Waals surface area contributed by atoms with Crippen molar-refractivity contribution < 1.29 is 9.72 Å². The molecule has 1 aromatic carbocycles. The number of carbonyl (C=O) groups excluding carboxylic acids is 1. The molecule has 1 aliphatic heterocycles. The number of nitrogens with one attached hydrogen (secondary N) is 2. The van der Waals surface area contributed by atoms with Crippen LogP contribution in [0.5, 0.6) is 0 Å². The Morgan fingerprint density at radius 3 is 2.79 bits per heavy atom. The number of anilines is 1. The second-order valence-corrected chi connectivity index (χ2v) is 10.0. The average Bonchev–Trinajstić information content (AvgIpc) is 3.06. The third kappa shape index (κ3) is 3.51. The zero-order valence-corrected chi connectivity index (χ0v) is 18.2. The van der Waals surface area contributed by atoms with Crippen LogP contribution >= 0.6 is 22.9 Å². The first kappa shape index (κ1) is 20.2. The molecule has 2 heterocycles. The minimum absolute atomic E-state index is 0.0812. The number of nitrogens with zero attached hydrogens (tertiary/aromatic N) is 1. The number of thiophene rings is 1. The number of benzene rings is 1. The molecule has 0 bridgehead atoms. The van der Waals surface area contributed by atoms with E-state index < -0.39 is 11.1 Å². The monoisotopic (exact) mass is 433 g/mol. The standard InChI is InChI=1S/C21H24ClN3O3S/c1-4-21(2,3)12-6-7-13-16(10-12)29-20-17(13)19(26)23-18(24-20)11-5-8-14(22)15(9-11)25(27)28/h5,8-9,12,18,24H,4,6-7,10H2,1-3H3,(H,23,26)/t12-,18-/m1/s1. The molecule has 1 aromatic heterocycles. The van der Waals surface area contributed by atoms with Gasteiger partial charge in [0, 0.05) is 16.5 Å². The number of hydrogen-bond acceptors (Lipinski definition) is 5. The summed E-state index contributed by atoms with van der Waals surface area (Å²) >= 11 is 7.58. The Labute approximate surface area is 178 Å². The molecule has 2 N–H and O–H groups in total. The number of halogens is 1. The number of hydrogen-bond donors (Lipinski definition) is 2. The van der Waals surface area contributed by atoms with Crippen LogP contribution in [0.1, 0.15) is 66.1 Å². The van der Waals surface area contributed by atoms with E-state index in [0.29, 0.717) is 11.5 Å². The maximum atomic E-state index is 12.9. The molecule has 2 aromatic rings. The third-order valence-electron chi connectivity index (χ3n) is 6.56. The van der Waals surface area contributed by atoms with E-state index in [1.807, 2.05) is 0 Å². The molecule has 6 nitrogen and oxygen atoms in total. The Bertz CT molecular complexity index is 1000. The lowest BCUT2D eigenvalue weighted by Crippen LogP contribution is -2.38. The van der Waals surface area contributed by atoms with E-state index >= 15 is 0 Å². The van der Waals surface area contributed by atoms with Gasteiger partial charge in [-0.3, -0.25) is 14.9 Å². The minimum atomic E-state index is -0.519. The zero-order chi connectivity index (χ0) is 20.9. The number of nitro benzene ring substituents is 1. The quantitative estimate of drug-likeness (QED) is 0.478. The highest BCUT2D eigenvalue weighted by atomic mass is 35.5. The maximum absolute atomic E-state index is 12.9. The highest BCUT2D eigenvalue weighted by molar-refractivity contribution is 7.16. The summed E-state index contributed by atoms with van der Waals surface area (Å²) in [5, 5.41) is 18.5. The van der Waals surface area contributed by atoms with Crippen LogP contribution in [-0.2, 0) is 12.8 Å². The lowest BCUT2D eigenvalue weighted by Gasteiger charge is -2.36. The molecule has 4 rings (SSSR count). The Balaban J connectivity index is 1.64. The van der Waals surface area contributed by atoms with Gasteiger partial charge in [-0.25, -0.2) is 0 Å². The molecule has 154 valence electrons. The summed E-state index contributed by atoms with van der Waals surface area (Å²) in [5.41, 5.74) is 2.64. The number of fused-ring (bicyclic) bond motifs is 3. The van der Waals surface area contributed by atoms with Crippen LogP contribution in [0.15, 0.2) is 18.2 Å². The van der Waals surface area contributed by atoms with E-state index in [0.717, 1.165) is 36.2 Å². The zero-order valence-electron chi connectivity index (χ0n) is 16.7. The normalized spacial score (nSPS) is 21.0. The molecule has 2 aliphatic rings. The number of carbonyl (C=O) groups is 1. The molecule has 2 atom stereocenters. The minimum Gasteiger partial charge on any atom is -0.353 e. The van der Waals surface area contributed by atoms with Crippen molar-refractivity contribution >= 4 is 39.5 Å². The fourth-order valence-corrected chi connectivity index (χ4v) is 5.81. The third-order valence-corrected chi connectivity index (χ3v) is 8.07. The largest absolute Gasteiger partial charge is 0.353 e. The van der Waals surface area contributed by atoms with Crippen LogP contribution in [0.3, 0.4) is 0 Å². The van der Waals surface area contributed by atoms with Gasteiger partial charge in [0.1, 0.15) is 16.2 Å². The lowest BCUT2D eigenvalue weighted by molar-refractivity contribution is -0.384. The van der Waals surface area contributed by atoms with Crippen molar-refractivity contribution in [3.8, 4) is 0 Å². The van der Waals surface area contributed by atoms with E-state index in [-0.39, 0.29) is 22.0 Å². The van der Waals surface area contributed by atoms with Gasteiger partial charge in [0.05, 0.1) is 10.5 Å². The van der Waals surface area contributed by atoms with Crippen LogP contribution in [0.2, 0.25) is 5.02 Å². The molecular formula is C21H24ClN3O3S. The van der Waals surface area contributed by atoms with E-state index in [1.54, 1.807) is 17.4 Å². The van der Waals surface area contributed by atoms with Crippen molar-refractivity contribution in [3.05, 3.63) is 54.9 Å². The molecule has 0 radical (unpaired) electrons. The van der Waals surface area contributed by atoms with E-state index in [1.165, 1.54) is 22.6 Å². The molecule has 29 heavy (non-hydrogen) atoms. The lowest BCUT2D eigenvalue weighted by atomic mass is 9.69. The van der Waals surface area contributed by atoms with Gasteiger partial charge in [-0.1, -0.05) is 44.9 Å². The van der Waals surface area contributed by atoms with Crippen LogP contribution in [0.25, 0.3) is 0 Å². The van der Waals surface area contributed by atoms with Crippen molar-refractivity contribution in [3.63, 3.8) is 0 Å². The molecule has 0 spiro atoms. The topological polar surface area (TPSA) is 84.3 Å². The van der Waals surface area contributed by atoms with Crippen LogP contribution in [0, 0.1) is 21.4 Å². The Kier molecular flexibility index (Phi) is 5.07. The Hall–Kier alpha value is -2.12. The second-order valence-electron chi connectivity index (χ2n) is 8.51. The Morgan fingerprint density at radius 1 is 1.34 bits per heavy atom. The van der Waals surface area contributed by atoms with Crippen molar-refractivity contribution in [2.75, 3.05) is 5.32 Å². The van der Waals surface area contributed by atoms with Gasteiger partial charge in [0.15, 0.2) is 0 Å². The van der Waals surface area contributed by atoms with Gasteiger partial charge in [-0.05, 0) is 42.2 Å². The number of nitro groups is 1. The van der Waals surface area contributed by atoms with Gasteiger partial charge in [0.2, 0.25) is 0 Å². The summed E-state index contributed by atoms with van der Waals surface area (Å²) in [4.78, 5) is 24.9. The van der Waals surface area contributed by atoms with Crippen LogP contribution in [-0.4, -0.2) is 10.8 Å². The van der Waals surface area contributed by atoms with Crippen molar-refractivity contribution in [1.29, 1.82) is 0 Å². The molecule has 0 unspecified atom stereocenters.